The molecular weight excluding hydrogens is 378 g/mol. The van der Waals surface area contributed by atoms with E-state index in [0.29, 0.717) is 12.5 Å². The van der Waals surface area contributed by atoms with E-state index >= 15 is 0 Å². The molecule has 1 aliphatic carbocycles. The third-order valence-corrected chi connectivity index (χ3v) is 6.27. The first-order valence-electron chi connectivity index (χ1n) is 10.0. The Morgan fingerprint density at radius 3 is 2.62 bits per heavy atom. The average molecular weight is 402 g/mol. The first-order valence-corrected chi connectivity index (χ1v) is 10.9. The number of nitrogens with one attached hydrogen (secondary N) is 1. The Morgan fingerprint density at radius 1 is 1.07 bits per heavy atom. The summed E-state index contributed by atoms with van der Waals surface area (Å²) in [6, 6.07) is 14.3. The van der Waals surface area contributed by atoms with Crippen molar-refractivity contribution in [1.82, 2.24) is 15.0 Å². The van der Waals surface area contributed by atoms with Crippen molar-refractivity contribution in [2.75, 3.05) is 11.9 Å². The van der Waals surface area contributed by atoms with Crippen LogP contribution in [0.25, 0.3) is 21.6 Å². The van der Waals surface area contributed by atoms with Crippen molar-refractivity contribution in [1.29, 1.82) is 0 Å². The third-order valence-electron chi connectivity index (χ3n) is 5.27. The Kier molecular flexibility index (Phi) is 4.96. The third kappa shape index (κ3) is 3.99. The first-order chi connectivity index (χ1) is 14.3. The molecule has 0 amide bonds. The Hall–Kier alpha value is -2.83. The fourth-order valence-electron chi connectivity index (χ4n) is 3.59. The molecule has 0 unspecified atom stereocenters. The van der Waals surface area contributed by atoms with Crippen LogP contribution >= 0.6 is 11.3 Å². The molecule has 0 spiro atoms. The molecule has 1 aromatic carbocycles. The van der Waals surface area contributed by atoms with Gasteiger partial charge in [0.25, 0.3) is 0 Å². The molecule has 0 saturated heterocycles. The molecule has 5 rings (SSSR count). The number of nitrogens with zero attached hydrogens (tertiary/aromatic N) is 3. The quantitative estimate of drug-likeness (QED) is 0.473. The molecule has 3 aromatic heterocycles. The summed E-state index contributed by atoms with van der Waals surface area (Å²) >= 11 is 1.73. The molecule has 3 heterocycles. The monoisotopic (exact) mass is 401 g/mol. The summed E-state index contributed by atoms with van der Waals surface area (Å²) in [5.41, 5.74) is 11.1. The lowest BCUT2D eigenvalue weighted by Crippen LogP contribution is -2.31. The smallest absolute Gasteiger partial charge is 0.162 e. The van der Waals surface area contributed by atoms with Crippen molar-refractivity contribution >= 4 is 27.4 Å². The van der Waals surface area contributed by atoms with E-state index in [9.17, 15) is 0 Å². The van der Waals surface area contributed by atoms with Gasteiger partial charge in [-0.2, -0.15) is 0 Å². The minimum atomic E-state index is 0.00894. The number of pyridine rings is 1. The number of benzene rings is 1. The molecule has 0 aliphatic heterocycles. The van der Waals surface area contributed by atoms with Crippen molar-refractivity contribution in [3.05, 3.63) is 71.4 Å². The summed E-state index contributed by atoms with van der Waals surface area (Å²) in [6.45, 7) is 0.660. The lowest BCUT2D eigenvalue weighted by Gasteiger charge is -2.14. The molecular formula is C23H23N5S. The molecule has 1 saturated carbocycles. The minimum absolute atomic E-state index is 0.00894. The highest BCUT2D eigenvalue weighted by Gasteiger charge is 2.28. The maximum atomic E-state index is 6.40. The van der Waals surface area contributed by atoms with Gasteiger partial charge in [-0.1, -0.05) is 30.3 Å². The zero-order chi connectivity index (χ0) is 19.6. The summed E-state index contributed by atoms with van der Waals surface area (Å²) in [6.07, 6.45) is 6.90. The summed E-state index contributed by atoms with van der Waals surface area (Å²) in [5.74, 6) is 2.26. The number of aromatic nitrogens is 3. The van der Waals surface area contributed by atoms with Gasteiger partial charge in [0.15, 0.2) is 5.82 Å². The summed E-state index contributed by atoms with van der Waals surface area (Å²) in [5, 5.41) is 5.76. The van der Waals surface area contributed by atoms with Gasteiger partial charge in [0.05, 0.1) is 10.2 Å². The molecule has 5 nitrogen and oxygen atoms in total. The van der Waals surface area contributed by atoms with Crippen molar-refractivity contribution in [2.24, 2.45) is 5.73 Å². The number of hydrogen-bond acceptors (Lipinski definition) is 6. The number of rotatable bonds is 7. The molecule has 29 heavy (non-hydrogen) atoms. The van der Waals surface area contributed by atoms with E-state index in [2.05, 4.69) is 39.9 Å². The van der Waals surface area contributed by atoms with Crippen LogP contribution in [0.5, 0.6) is 0 Å². The van der Waals surface area contributed by atoms with Gasteiger partial charge in [-0.15, -0.1) is 11.3 Å². The second kappa shape index (κ2) is 7.89. The van der Waals surface area contributed by atoms with Crippen molar-refractivity contribution < 1.29 is 0 Å². The van der Waals surface area contributed by atoms with E-state index in [1.54, 1.807) is 23.7 Å². The molecule has 4 aromatic rings. The number of thiophene rings is 1. The maximum Gasteiger partial charge on any atom is 0.162 e. The van der Waals surface area contributed by atoms with Crippen molar-refractivity contribution in [3.63, 3.8) is 0 Å². The van der Waals surface area contributed by atoms with Gasteiger partial charge in [-0.05, 0) is 53.8 Å². The van der Waals surface area contributed by atoms with Crippen LogP contribution in [0.1, 0.15) is 29.9 Å². The molecule has 6 heteroatoms. The zero-order valence-corrected chi connectivity index (χ0v) is 16.9. The molecule has 1 atom stereocenters. The number of nitrogens with two attached hydrogens (primary N) is 1. The highest BCUT2D eigenvalue weighted by atomic mass is 32.1. The largest absolute Gasteiger partial charge is 0.367 e. The van der Waals surface area contributed by atoms with Gasteiger partial charge in [0, 0.05) is 30.5 Å². The van der Waals surface area contributed by atoms with Crippen LogP contribution in [0.3, 0.4) is 0 Å². The van der Waals surface area contributed by atoms with Crippen LogP contribution < -0.4 is 11.1 Å². The lowest BCUT2D eigenvalue weighted by atomic mass is 10.1. The van der Waals surface area contributed by atoms with Gasteiger partial charge in [0.2, 0.25) is 0 Å². The minimum Gasteiger partial charge on any atom is -0.367 e. The summed E-state index contributed by atoms with van der Waals surface area (Å²) < 4.78 is 1.12. The van der Waals surface area contributed by atoms with Gasteiger partial charge < -0.3 is 11.1 Å². The second-order valence-electron chi connectivity index (χ2n) is 7.61. The predicted molar refractivity (Wildman–Crippen MR) is 119 cm³/mol. The van der Waals surface area contributed by atoms with Gasteiger partial charge in [-0.25, -0.2) is 9.97 Å². The Labute approximate surface area is 174 Å². The first kappa shape index (κ1) is 18.2. The van der Waals surface area contributed by atoms with Crippen LogP contribution in [0, 0.1) is 0 Å². The van der Waals surface area contributed by atoms with E-state index < -0.39 is 0 Å². The Morgan fingerprint density at radius 2 is 1.86 bits per heavy atom. The van der Waals surface area contributed by atoms with Crippen LogP contribution in [-0.4, -0.2) is 27.5 Å². The fraction of sp³-hybridized carbons (Fsp3) is 0.261. The normalized spacial score (nSPS) is 14.8. The van der Waals surface area contributed by atoms with Crippen LogP contribution in [0.4, 0.5) is 5.82 Å². The van der Waals surface area contributed by atoms with Gasteiger partial charge in [0.1, 0.15) is 5.82 Å². The molecule has 3 N–H and O–H groups in total. The van der Waals surface area contributed by atoms with E-state index in [1.807, 2.05) is 18.2 Å². The second-order valence-corrected chi connectivity index (χ2v) is 8.49. The van der Waals surface area contributed by atoms with Gasteiger partial charge in [-0.3, -0.25) is 4.98 Å². The number of fused-ring (bicyclic) bond motifs is 1. The Bertz CT molecular complexity index is 1110. The summed E-state index contributed by atoms with van der Waals surface area (Å²) in [4.78, 5) is 13.9. The maximum absolute atomic E-state index is 6.40. The topological polar surface area (TPSA) is 76.7 Å². The van der Waals surface area contributed by atoms with E-state index in [1.165, 1.54) is 24.0 Å². The molecule has 0 bridgehead atoms. The average Bonchev–Trinajstić information content (AvgIpc) is 3.52. The molecule has 1 fully saturated rings. The van der Waals surface area contributed by atoms with E-state index in [-0.39, 0.29) is 6.04 Å². The molecule has 0 radical (unpaired) electrons. The predicted octanol–water partition coefficient (Wildman–Crippen LogP) is 4.61. The highest BCUT2D eigenvalue weighted by Crippen LogP contribution is 2.46. The molecule has 1 aliphatic rings. The molecule has 146 valence electrons. The van der Waals surface area contributed by atoms with Crippen molar-refractivity contribution in [2.45, 2.75) is 31.2 Å². The van der Waals surface area contributed by atoms with E-state index in [0.717, 1.165) is 33.8 Å². The standard InChI is InChI=1S/C23H23N5S/c24-18(12-15-4-2-1-3-5-15)13-26-23-21-20(19(14-29-21)16-6-7-16)27-22(28-23)17-8-10-25-11-9-17/h1-5,8-11,14,16,18H,6-7,12-13,24H2,(H,26,27,28)/t18-/m0/s1. The Balaban J connectivity index is 1.44. The van der Waals surface area contributed by atoms with Crippen LogP contribution in [0.2, 0.25) is 0 Å². The zero-order valence-electron chi connectivity index (χ0n) is 16.1. The number of anilines is 1. The highest BCUT2D eigenvalue weighted by molar-refractivity contribution is 7.18. The lowest BCUT2D eigenvalue weighted by molar-refractivity contribution is 0.698. The SMILES string of the molecule is N[C@H](CNc1nc(-c2ccncc2)nc2c(C3CC3)csc12)Cc1ccccc1. The van der Waals surface area contributed by atoms with E-state index in [4.69, 9.17) is 15.7 Å². The number of hydrogen-bond donors (Lipinski definition) is 2. The van der Waals surface area contributed by atoms with Gasteiger partial charge >= 0.3 is 0 Å². The van der Waals surface area contributed by atoms with Crippen LogP contribution in [0.15, 0.2) is 60.2 Å². The summed E-state index contributed by atoms with van der Waals surface area (Å²) in [7, 11) is 0. The fourth-order valence-corrected chi connectivity index (χ4v) is 4.64. The van der Waals surface area contributed by atoms with Crippen LogP contribution in [-0.2, 0) is 6.42 Å². The van der Waals surface area contributed by atoms with Crippen molar-refractivity contribution in [3.8, 4) is 11.4 Å².